The molecule has 0 radical (unpaired) electrons. The Balaban J connectivity index is 1.93. The summed E-state index contributed by atoms with van der Waals surface area (Å²) in [5.41, 5.74) is 2.91. The zero-order valence-corrected chi connectivity index (χ0v) is 12.2. The Bertz CT molecular complexity index is 747. The van der Waals surface area contributed by atoms with Gasteiger partial charge in [0.15, 0.2) is 0 Å². The second-order valence-corrected chi connectivity index (χ2v) is 4.41. The minimum absolute atomic E-state index is 0.179. The number of benzene rings is 2. The summed E-state index contributed by atoms with van der Waals surface area (Å²) in [4.78, 5) is 23.3. The summed E-state index contributed by atoms with van der Waals surface area (Å²) in [5, 5.41) is 5.96. The van der Waals surface area contributed by atoms with Crippen molar-refractivity contribution in [1.29, 1.82) is 0 Å². The van der Waals surface area contributed by atoms with Crippen LogP contribution in [-0.4, -0.2) is 25.1 Å². The molecule has 2 amide bonds. The van der Waals surface area contributed by atoms with Crippen LogP contribution in [0.2, 0.25) is 0 Å². The van der Waals surface area contributed by atoms with E-state index in [4.69, 9.17) is 4.74 Å². The van der Waals surface area contributed by atoms with E-state index in [1.807, 2.05) is 0 Å². The number of hydrazone groups is 1. The Labute approximate surface area is 132 Å². The van der Waals surface area contributed by atoms with E-state index in [2.05, 4.69) is 15.8 Å². The maximum absolute atomic E-state index is 13.0. The number of nitrogens with zero attached hydrogens (tertiary/aromatic N) is 1. The highest BCUT2D eigenvalue weighted by Crippen LogP contribution is 2.14. The number of rotatable bonds is 4. The zero-order valence-electron chi connectivity index (χ0n) is 12.2. The van der Waals surface area contributed by atoms with Crippen LogP contribution in [-0.2, 0) is 9.59 Å². The Kier molecular flexibility index (Phi) is 5.40. The fourth-order valence-electron chi connectivity index (χ4n) is 1.74. The molecule has 0 spiro atoms. The van der Waals surface area contributed by atoms with Crippen molar-refractivity contribution in [3.05, 3.63) is 59.9 Å². The minimum Gasteiger partial charge on any atom is -0.496 e. The van der Waals surface area contributed by atoms with Crippen LogP contribution in [0.15, 0.2) is 53.6 Å². The van der Waals surface area contributed by atoms with Gasteiger partial charge in [0.1, 0.15) is 11.6 Å². The molecule has 0 bridgehead atoms. The monoisotopic (exact) mass is 315 g/mol. The third kappa shape index (κ3) is 4.63. The van der Waals surface area contributed by atoms with E-state index in [0.29, 0.717) is 11.3 Å². The van der Waals surface area contributed by atoms with Crippen molar-refractivity contribution in [2.45, 2.75) is 0 Å². The molecule has 0 aliphatic heterocycles. The van der Waals surface area contributed by atoms with Crippen LogP contribution in [0.3, 0.4) is 0 Å². The topological polar surface area (TPSA) is 79.8 Å². The Morgan fingerprint density at radius 3 is 2.65 bits per heavy atom. The molecule has 23 heavy (non-hydrogen) atoms. The third-order valence-electron chi connectivity index (χ3n) is 2.80. The second-order valence-electron chi connectivity index (χ2n) is 4.41. The molecule has 7 heteroatoms. The summed E-state index contributed by atoms with van der Waals surface area (Å²) < 4.78 is 18.1. The van der Waals surface area contributed by atoms with E-state index in [1.54, 1.807) is 24.3 Å². The number of anilines is 1. The fraction of sp³-hybridized carbons (Fsp3) is 0.0625. The van der Waals surface area contributed by atoms with E-state index in [0.717, 1.165) is 6.07 Å². The number of amides is 2. The van der Waals surface area contributed by atoms with Crippen LogP contribution in [0.5, 0.6) is 5.75 Å². The molecule has 0 atom stereocenters. The highest BCUT2D eigenvalue weighted by molar-refractivity contribution is 6.39. The zero-order chi connectivity index (χ0) is 16.7. The lowest BCUT2D eigenvalue weighted by atomic mass is 10.2. The first-order valence-corrected chi connectivity index (χ1v) is 6.63. The molecule has 2 aromatic carbocycles. The molecule has 0 saturated heterocycles. The largest absolute Gasteiger partial charge is 0.496 e. The lowest BCUT2D eigenvalue weighted by molar-refractivity contribution is -0.136. The summed E-state index contributed by atoms with van der Waals surface area (Å²) in [6.07, 6.45) is 1.35. The molecule has 0 unspecified atom stereocenters. The SMILES string of the molecule is COc1ccccc1/C=N\NC(=O)C(=O)Nc1cccc(F)c1. The average molecular weight is 315 g/mol. The summed E-state index contributed by atoms with van der Waals surface area (Å²) in [7, 11) is 1.51. The standard InChI is InChI=1S/C16H14FN3O3/c1-23-14-8-3-2-5-11(14)10-18-20-16(22)15(21)19-13-7-4-6-12(17)9-13/h2-10H,1H3,(H,19,21)(H,20,22)/b18-10-. The van der Waals surface area contributed by atoms with Crippen molar-refractivity contribution in [3.8, 4) is 5.75 Å². The maximum atomic E-state index is 13.0. The smallest absolute Gasteiger partial charge is 0.329 e. The molecule has 0 heterocycles. The number of nitrogens with one attached hydrogen (secondary N) is 2. The number of ether oxygens (including phenoxy) is 1. The van der Waals surface area contributed by atoms with Crippen LogP contribution in [0.25, 0.3) is 0 Å². The van der Waals surface area contributed by atoms with Crippen LogP contribution in [0.1, 0.15) is 5.56 Å². The molecule has 0 aliphatic rings. The number of carbonyl (C=O) groups is 2. The van der Waals surface area contributed by atoms with Gasteiger partial charge in [-0.2, -0.15) is 5.10 Å². The predicted molar refractivity (Wildman–Crippen MR) is 83.8 cm³/mol. The highest BCUT2D eigenvalue weighted by atomic mass is 19.1. The van der Waals surface area contributed by atoms with Crippen LogP contribution >= 0.6 is 0 Å². The number of halogens is 1. The molecule has 2 N–H and O–H groups in total. The number of carbonyl (C=O) groups excluding carboxylic acids is 2. The lowest BCUT2D eigenvalue weighted by Crippen LogP contribution is -2.32. The van der Waals surface area contributed by atoms with Gasteiger partial charge in [0.25, 0.3) is 0 Å². The minimum atomic E-state index is -0.972. The Hall–Kier alpha value is -3.22. The molecule has 118 valence electrons. The molecular formula is C16H14FN3O3. The highest BCUT2D eigenvalue weighted by Gasteiger charge is 2.13. The first kappa shape index (κ1) is 16.2. The molecule has 0 aliphatic carbocycles. The van der Waals surface area contributed by atoms with Gasteiger partial charge in [0.2, 0.25) is 0 Å². The van der Waals surface area contributed by atoms with Gasteiger partial charge in [0.05, 0.1) is 13.3 Å². The van der Waals surface area contributed by atoms with Gasteiger partial charge in [-0.25, -0.2) is 9.82 Å². The van der Waals surface area contributed by atoms with Crippen LogP contribution < -0.4 is 15.5 Å². The van der Waals surface area contributed by atoms with Gasteiger partial charge >= 0.3 is 11.8 Å². The van der Waals surface area contributed by atoms with Gasteiger partial charge in [-0.15, -0.1) is 0 Å². The predicted octanol–water partition coefficient (Wildman–Crippen LogP) is 1.92. The van der Waals surface area contributed by atoms with Gasteiger partial charge < -0.3 is 10.1 Å². The molecule has 0 saturated carbocycles. The van der Waals surface area contributed by atoms with Gasteiger partial charge in [-0.3, -0.25) is 9.59 Å². The van der Waals surface area contributed by atoms with Crippen molar-refractivity contribution in [2.75, 3.05) is 12.4 Å². The van der Waals surface area contributed by atoms with E-state index in [9.17, 15) is 14.0 Å². The van der Waals surface area contributed by atoms with Crippen molar-refractivity contribution < 1.29 is 18.7 Å². The fourth-order valence-corrected chi connectivity index (χ4v) is 1.74. The van der Waals surface area contributed by atoms with Crippen molar-refractivity contribution >= 4 is 23.7 Å². The first-order chi connectivity index (χ1) is 11.1. The molecule has 0 fully saturated rings. The number of para-hydroxylation sites is 1. The van der Waals surface area contributed by atoms with Gasteiger partial charge in [-0.1, -0.05) is 18.2 Å². The van der Waals surface area contributed by atoms with E-state index in [-0.39, 0.29) is 5.69 Å². The molecule has 2 aromatic rings. The van der Waals surface area contributed by atoms with E-state index < -0.39 is 17.6 Å². The van der Waals surface area contributed by atoms with Gasteiger partial charge in [-0.05, 0) is 30.3 Å². The lowest BCUT2D eigenvalue weighted by Gasteiger charge is -2.04. The van der Waals surface area contributed by atoms with Crippen molar-refractivity contribution in [1.82, 2.24) is 5.43 Å². The number of hydrogen-bond donors (Lipinski definition) is 2. The van der Waals surface area contributed by atoms with E-state index >= 15 is 0 Å². The summed E-state index contributed by atoms with van der Waals surface area (Å²) in [6.45, 7) is 0. The summed E-state index contributed by atoms with van der Waals surface area (Å²) in [5.74, 6) is -1.86. The normalized spacial score (nSPS) is 10.3. The molecule has 0 aromatic heterocycles. The number of methoxy groups -OCH3 is 1. The summed E-state index contributed by atoms with van der Waals surface area (Å²) >= 11 is 0. The Morgan fingerprint density at radius 2 is 1.91 bits per heavy atom. The van der Waals surface area contributed by atoms with E-state index in [1.165, 1.54) is 31.5 Å². The number of hydrogen-bond acceptors (Lipinski definition) is 4. The summed E-state index contributed by atoms with van der Waals surface area (Å²) in [6, 6.07) is 12.3. The average Bonchev–Trinajstić information content (AvgIpc) is 2.55. The maximum Gasteiger partial charge on any atom is 0.329 e. The second kappa shape index (κ2) is 7.69. The van der Waals surface area contributed by atoms with Crippen LogP contribution in [0.4, 0.5) is 10.1 Å². The molecular weight excluding hydrogens is 301 g/mol. The van der Waals surface area contributed by atoms with Gasteiger partial charge in [0, 0.05) is 11.3 Å². The Morgan fingerprint density at radius 1 is 1.13 bits per heavy atom. The molecule has 2 rings (SSSR count). The first-order valence-electron chi connectivity index (χ1n) is 6.63. The molecule has 6 nitrogen and oxygen atoms in total. The van der Waals surface area contributed by atoms with Crippen LogP contribution in [0, 0.1) is 5.82 Å². The quantitative estimate of drug-likeness (QED) is 0.514. The van der Waals surface area contributed by atoms with Crippen molar-refractivity contribution in [2.24, 2.45) is 5.10 Å². The van der Waals surface area contributed by atoms with Crippen molar-refractivity contribution in [3.63, 3.8) is 0 Å². The third-order valence-corrected chi connectivity index (χ3v) is 2.80.